The molecule has 1 aromatic heterocycles. The summed E-state index contributed by atoms with van der Waals surface area (Å²) in [4.78, 5) is 4.47. The lowest BCUT2D eigenvalue weighted by Gasteiger charge is -2.32. The topological polar surface area (TPSA) is 31.4 Å². The summed E-state index contributed by atoms with van der Waals surface area (Å²) in [5.41, 5.74) is 2.58. The van der Waals surface area contributed by atoms with E-state index in [1.54, 1.807) is 0 Å². The second kappa shape index (κ2) is 4.76. The van der Waals surface area contributed by atoms with Crippen molar-refractivity contribution in [3.8, 4) is 0 Å². The molecule has 102 valence electrons. The largest absolute Gasteiger partial charge is 0.487 e. The van der Waals surface area contributed by atoms with Crippen molar-refractivity contribution in [1.82, 2.24) is 4.98 Å². The lowest BCUT2D eigenvalue weighted by Crippen LogP contribution is -2.41. The van der Waals surface area contributed by atoms with E-state index in [0.717, 1.165) is 11.4 Å². The Balaban J connectivity index is 2.12. The first-order valence-corrected chi connectivity index (χ1v) is 6.69. The van der Waals surface area contributed by atoms with E-state index in [0.29, 0.717) is 0 Å². The van der Waals surface area contributed by atoms with Gasteiger partial charge in [0, 0.05) is 5.69 Å². The normalized spacial score (nSPS) is 21.3. The van der Waals surface area contributed by atoms with Gasteiger partial charge < -0.3 is 9.31 Å². The van der Waals surface area contributed by atoms with E-state index in [2.05, 4.69) is 51.7 Å². The van der Waals surface area contributed by atoms with E-state index in [4.69, 9.17) is 9.31 Å². The second-order valence-corrected chi connectivity index (χ2v) is 6.19. The quantitative estimate of drug-likeness (QED) is 0.763. The zero-order valence-corrected chi connectivity index (χ0v) is 12.7. The number of hydrogen-bond acceptors (Lipinski definition) is 3. The molecular weight excluding hydrogens is 237 g/mol. The highest BCUT2D eigenvalue weighted by molar-refractivity contribution is 6.52. The van der Waals surface area contributed by atoms with Crippen LogP contribution >= 0.6 is 0 Å². The van der Waals surface area contributed by atoms with Crippen LogP contribution in [0.5, 0.6) is 0 Å². The highest BCUT2D eigenvalue weighted by Gasteiger charge is 2.49. The van der Waals surface area contributed by atoms with Gasteiger partial charge in [-0.1, -0.05) is 5.98 Å². The first kappa shape index (κ1) is 14.3. The highest BCUT2D eigenvalue weighted by Crippen LogP contribution is 2.36. The number of rotatable bonds is 2. The molecule has 19 heavy (non-hydrogen) atoms. The van der Waals surface area contributed by atoms with Crippen molar-refractivity contribution in [2.45, 2.75) is 52.7 Å². The average molecular weight is 259 g/mol. The van der Waals surface area contributed by atoms with Crippen LogP contribution in [0.1, 0.15) is 44.6 Å². The van der Waals surface area contributed by atoms with Crippen molar-refractivity contribution in [1.29, 1.82) is 0 Å². The van der Waals surface area contributed by atoms with Gasteiger partial charge in [-0.15, -0.1) is 0 Å². The van der Waals surface area contributed by atoms with Crippen LogP contribution < -0.4 is 0 Å². The molecule has 1 fully saturated rings. The van der Waals surface area contributed by atoms with Crippen LogP contribution in [0.25, 0.3) is 6.08 Å². The number of hydrogen-bond donors (Lipinski definition) is 0. The Hall–Kier alpha value is -1.13. The minimum Gasteiger partial charge on any atom is -0.400 e. The molecule has 2 rings (SSSR count). The number of pyridine rings is 1. The van der Waals surface area contributed by atoms with Gasteiger partial charge >= 0.3 is 7.12 Å². The average Bonchev–Trinajstić information content (AvgIpc) is 2.43. The van der Waals surface area contributed by atoms with E-state index in [9.17, 15) is 0 Å². The van der Waals surface area contributed by atoms with Gasteiger partial charge in [-0.3, -0.25) is 4.98 Å². The molecule has 1 aliphatic rings. The summed E-state index contributed by atoms with van der Waals surface area (Å²) in [6, 6.07) is 4.11. The minimum absolute atomic E-state index is 0.294. The molecule has 0 unspecified atom stereocenters. The van der Waals surface area contributed by atoms with Gasteiger partial charge in [0.1, 0.15) is 0 Å². The smallest absolute Gasteiger partial charge is 0.400 e. The molecule has 4 heteroatoms. The first-order chi connectivity index (χ1) is 8.69. The van der Waals surface area contributed by atoms with Crippen molar-refractivity contribution in [2.24, 2.45) is 0 Å². The van der Waals surface area contributed by atoms with Gasteiger partial charge in [0.25, 0.3) is 0 Å². The molecule has 0 bridgehead atoms. The molecule has 0 atom stereocenters. The number of aryl methyl sites for hydroxylation is 2. The van der Waals surface area contributed by atoms with Crippen molar-refractivity contribution < 1.29 is 9.31 Å². The zero-order valence-electron chi connectivity index (χ0n) is 12.7. The predicted octanol–water partition coefficient (Wildman–Crippen LogP) is 3.34. The van der Waals surface area contributed by atoms with E-state index in [-0.39, 0.29) is 18.3 Å². The molecule has 0 aromatic carbocycles. The van der Waals surface area contributed by atoms with Gasteiger partial charge in [0.2, 0.25) is 0 Å². The Morgan fingerprint density at radius 3 is 2.16 bits per heavy atom. The molecule has 2 heterocycles. The summed E-state index contributed by atoms with van der Waals surface area (Å²) in [5, 5.41) is 0. The Morgan fingerprint density at radius 2 is 1.63 bits per heavy atom. The summed E-state index contributed by atoms with van der Waals surface area (Å²) < 4.78 is 11.8. The van der Waals surface area contributed by atoms with E-state index < -0.39 is 0 Å². The monoisotopic (exact) mass is 259 g/mol. The fourth-order valence-corrected chi connectivity index (χ4v) is 2.10. The SMILES string of the molecule is Cc1cc(C)nc(/C=C/B2OC(C)(C)C(C)(C)O2)c1. The third-order valence-electron chi connectivity index (χ3n) is 3.81. The van der Waals surface area contributed by atoms with Crippen LogP contribution in [0.15, 0.2) is 18.1 Å². The van der Waals surface area contributed by atoms with Gasteiger partial charge in [0.05, 0.1) is 16.9 Å². The Morgan fingerprint density at radius 1 is 1.05 bits per heavy atom. The van der Waals surface area contributed by atoms with Crippen molar-refractivity contribution >= 4 is 13.2 Å². The van der Waals surface area contributed by atoms with Crippen molar-refractivity contribution in [3.05, 3.63) is 35.1 Å². The Labute approximate surface area is 116 Å². The number of nitrogens with zero attached hydrogens (tertiary/aromatic N) is 1. The van der Waals surface area contributed by atoms with Crippen molar-refractivity contribution in [2.75, 3.05) is 0 Å². The van der Waals surface area contributed by atoms with E-state index >= 15 is 0 Å². The summed E-state index contributed by atoms with van der Waals surface area (Å²) >= 11 is 0. The molecule has 0 saturated carbocycles. The first-order valence-electron chi connectivity index (χ1n) is 6.69. The van der Waals surface area contributed by atoms with Crippen LogP contribution in [0.4, 0.5) is 0 Å². The van der Waals surface area contributed by atoms with Crippen molar-refractivity contribution in [3.63, 3.8) is 0 Å². The van der Waals surface area contributed by atoms with Crippen LogP contribution in [0.3, 0.4) is 0 Å². The third-order valence-corrected chi connectivity index (χ3v) is 3.81. The maximum Gasteiger partial charge on any atom is 0.487 e. The second-order valence-electron chi connectivity index (χ2n) is 6.19. The third kappa shape index (κ3) is 3.07. The summed E-state index contributed by atoms with van der Waals surface area (Å²) in [7, 11) is -0.312. The maximum atomic E-state index is 5.91. The molecule has 0 radical (unpaired) electrons. The zero-order chi connectivity index (χ0) is 14.3. The molecule has 1 saturated heterocycles. The van der Waals surface area contributed by atoms with Gasteiger partial charge in [0.15, 0.2) is 0 Å². The summed E-state index contributed by atoms with van der Waals surface area (Å²) in [5.74, 6) is 1.93. The summed E-state index contributed by atoms with van der Waals surface area (Å²) in [6.45, 7) is 12.3. The fourth-order valence-electron chi connectivity index (χ4n) is 2.10. The molecule has 0 aliphatic carbocycles. The summed E-state index contributed by atoms with van der Waals surface area (Å²) in [6.07, 6.45) is 1.96. The molecule has 0 amide bonds. The standard InChI is InChI=1S/C15H22BNO2/c1-11-9-12(2)17-13(10-11)7-8-16-18-14(3,4)15(5,6)19-16/h7-10H,1-6H3/b8-7+. The molecule has 1 aromatic rings. The molecule has 0 N–H and O–H groups in total. The van der Waals surface area contributed by atoms with Crippen LogP contribution in [0, 0.1) is 13.8 Å². The highest BCUT2D eigenvalue weighted by atomic mass is 16.7. The van der Waals surface area contributed by atoms with Gasteiger partial charge in [-0.25, -0.2) is 0 Å². The molecule has 3 nitrogen and oxygen atoms in total. The Bertz CT molecular complexity index is 473. The van der Waals surface area contributed by atoms with E-state index in [1.165, 1.54) is 5.56 Å². The molecular formula is C15H22BNO2. The van der Waals surface area contributed by atoms with Gasteiger partial charge in [-0.2, -0.15) is 0 Å². The van der Waals surface area contributed by atoms with Crippen LogP contribution in [0.2, 0.25) is 0 Å². The van der Waals surface area contributed by atoms with Crippen LogP contribution in [-0.2, 0) is 9.31 Å². The van der Waals surface area contributed by atoms with Crippen LogP contribution in [-0.4, -0.2) is 23.3 Å². The predicted molar refractivity (Wildman–Crippen MR) is 78.8 cm³/mol. The maximum absolute atomic E-state index is 5.91. The Kier molecular flexibility index (Phi) is 3.58. The minimum atomic E-state index is -0.312. The molecule has 0 spiro atoms. The lowest BCUT2D eigenvalue weighted by atomic mass is 9.89. The number of aromatic nitrogens is 1. The van der Waals surface area contributed by atoms with Gasteiger partial charge in [-0.05, 0) is 65.3 Å². The molecule has 1 aliphatic heterocycles. The van der Waals surface area contributed by atoms with E-state index in [1.807, 2.05) is 19.0 Å². The lowest BCUT2D eigenvalue weighted by molar-refractivity contribution is 0.00578. The fraction of sp³-hybridized carbons (Fsp3) is 0.533.